The van der Waals surface area contributed by atoms with E-state index in [1.165, 1.54) is 11.8 Å². The summed E-state index contributed by atoms with van der Waals surface area (Å²) < 4.78 is 7.16. The Balaban J connectivity index is 1.55. The third kappa shape index (κ3) is 5.30. The summed E-state index contributed by atoms with van der Waals surface area (Å²) in [5, 5.41) is 11.4. The maximum absolute atomic E-state index is 12.4. The van der Waals surface area contributed by atoms with E-state index in [9.17, 15) is 9.59 Å². The second kappa shape index (κ2) is 9.18. The largest absolute Gasteiger partial charge is 0.467 e. The summed E-state index contributed by atoms with van der Waals surface area (Å²) in [5.41, 5.74) is 1.28. The van der Waals surface area contributed by atoms with Crippen LogP contribution in [0.15, 0.2) is 58.6 Å². The number of Topliss-reactive ketones (excluding diaryl/α,β-unsaturated/α-hetero) is 1. The molecule has 0 unspecified atom stereocenters. The molecule has 1 amide bonds. The van der Waals surface area contributed by atoms with Crippen LogP contribution in [-0.4, -0.2) is 32.2 Å². The lowest BCUT2D eigenvalue weighted by Crippen LogP contribution is -2.11. The smallest absolute Gasteiger partial charge is 0.224 e. The lowest BCUT2D eigenvalue weighted by atomic mass is 10.1. The van der Waals surface area contributed by atoms with Gasteiger partial charge in [-0.05, 0) is 42.8 Å². The summed E-state index contributed by atoms with van der Waals surface area (Å²) in [4.78, 5) is 24.0. The molecule has 0 aliphatic rings. The number of amides is 1. The van der Waals surface area contributed by atoms with Gasteiger partial charge >= 0.3 is 0 Å². The van der Waals surface area contributed by atoms with Crippen LogP contribution in [0.4, 0.5) is 5.69 Å². The molecule has 1 aromatic carbocycles. The number of thioether (sulfide) groups is 1. The number of aromatic nitrogens is 3. The number of ketones is 1. The lowest BCUT2D eigenvalue weighted by Gasteiger charge is -2.06. The summed E-state index contributed by atoms with van der Waals surface area (Å²) >= 11 is 1.33. The number of rotatable bonds is 9. The van der Waals surface area contributed by atoms with E-state index in [0.29, 0.717) is 29.4 Å². The zero-order chi connectivity index (χ0) is 19.1. The van der Waals surface area contributed by atoms with Crippen molar-refractivity contribution in [3.63, 3.8) is 0 Å². The predicted molar refractivity (Wildman–Crippen MR) is 103 cm³/mol. The van der Waals surface area contributed by atoms with Gasteiger partial charge in [-0.15, -0.1) is 10.2 Å². The Hall–Kier alpha value is -2.87. The van der Waals surface area contributed by atoms with Crippen molar-refractivity contribution in [2.24, 2.45) is 0 Å². The van der Waals surface area contributed by atoms with Gasteiger partial charge in [0.1, 0.15) is 12.1 Å². The number of benzene rings is 1. The number of carbonyl (C=O) groups excluding carboxylic acids is 2. The summed E-state index contributed by atoms with van der Waals surface area (Å²) in [6.07, 6.45) is 4.51. The van der Waals surface area contributed by atoms with Crippen molar-refractivity contribution in [1.29, 1.82) is 0 Å². The Morgan fingerprint density at radius 3 is 2.74 bits per heavy atom. The summed E-state index contributed by atoms with van der Waals surface area (Å²) in [5.74, 6) is 1.00. The average Bonchev–Trinajstić information content (AvgIpc) is 3.33. The number of carbonyl (C=O) groups is 2. The molecule has 0 bridgehead atoms. The topological polar surface area (TPSA) is 90.0 Å². The van der Waals surface area contributed by atoms with Gasteiger partial charge in [0.05, 0.1) is 18.6 Å². The second-order valence-electron chi connectivity index (χ2n) is 5.91. The molecule has 0 spiro atoms. The summed E-state index contributed by atoms with van der Waals surface area (Å²) in [6, 6.07) is 10.6. The molecule has 0 saturated carbocycles. The van der Waals surface area contributed by atoms with Crippen LogP contribution in [0.1, 0.15) is 35.9 Å². The van der Waals surface area contributed by atoms with Crippen molar-refractivity contribution < 1.29 is 14.0 Å². The number of anilines is 1. The minimum atomic E-state index is -0.0250. The van der Waals surface area contributed by atoms with Gasteiger partial charge in [0.15, 0.2) is 10.9 Å². The van der Waals surface area contributed by atoms with Crippen molar-refractivity contribution >= 4 is 29.1 Å². The molecule has 0 fully saturated rings. The highest BCUT2D eigenvalue weighted by atomic mass is 32.2. The van der Waals surface area contributed by atoms with Crippen molar-refractivity contribution in [3.8, 4) is 0 Å². The van der Waals surface area contributed by atoms with E-state index in [1.54, 1.807) is 36.9 Å². The predicted octanol–water partition coefficient (Wildman–Crippen LogP) is 3.63. The van der Waals surface area contributed by atoms with Crippen LogP contribution in [0, 0.1) is 0 Å². The van der Waals surface area contributed by atoms with Gasteiger partial charge in [-0.2, -0.15) is 0 Å². The first-order valence-electron chi connectivity index (χ1n) is 8.62. The Morgan fingerprint density at radius 1 is 1.22 bits per heavy atom. The normalized spacial score (nSPS) is 10.7. The number of nitrogens with one attached hydrogen (secondary N) is 1. The molecule has 0 saturated heterocycles. The van der Waals surface area contributed by atoms with E-state index < -0.39 is 0 Å². The summed E-state index contributed by atoms with van der Waals surface area (Å²) in [7, 11) is 0. The maximum atomic E-state index is 12.4. The molecule has 140 valence electrons. The van der Waals surface area contributed by atoms with Crippen LogP contribution < -0.4 is 5.32 Å². The van der Waals surface area contributed by atoms with Crippen LogP contribution in [0.2, 0.25) is 0 Å². The van der Waals surface area contributed by atoms with Crippen LogP contribution in [0.3, 0.4) is 0 Å². The van der Waals surface area contributed by atoms with Crippen LogP contribution in [0.5, 0.6) is 0 Å². The molecule has 3 rings (SSSR count). The SMILES string of the molecule is CCCC(=O)Nc1ccc(C(=O)CSc2nncn2Cc2ccco2)cc1. The Bertz CT molecular complexity index is 888. The molecule has 3 aromatic rings. The average molecular weight is 384 g/mol. The maximum Gasteiger partial charge on any atom is 0.224 e. The molecule has 0 aliphatic heterocycles. The van der Waals surface area contributed by atoms with E-state index in [-0.39, 0.29) is 17.4 Å². The fourth-order valence-electron chi connectivity index (χ4n) is 2.44. The third-order valence-corrected chi connectivity index (χ3v) is 4.77. The number of hydrogen-bond donors (Lipinski definition) is 1. The lowest BCUT2D eigenvalue weighted by molar-refractivity contribution is -0.116. The standard InChI is InChI=1S/C19H20N4O3S/c1-2-4-18(25)21-15-8-6-14(7-9-15)17(24)12-27-19-22-20-13-23(19)11-16-5-3-10-26-16/h3,5-10,13H,2,4,11-12H2,1H3,(H,21,25). The van der Waals surface area contributed by atoms with Crippen molar-refractivity contribution in [2.75, 3.05) is 11.1 Å². The van der Waals surface area contributed by atoms with Gasteiger partial charge in [0.25, 0.3) is 0 Å². The molecule has 0 aliphatic carbocycles. The van der Waals surface area contributed by atoms with E-state index in [2.05, 4.69) is 15.5 Å². The first-order valence-corrected chi connectivity index (χ1v) is 9.60. The van der Waals surface area contributed by atoms with Crippen molar-refractivity contribution in [3.05, 3.63) is 60.3 Å². The van der Waals surface area contributed by atoms with E-state index in [4.69, 9.17) is 4.42 Å². The van der Waals surface area contributed by atoms with E-state index in [0.717, 1.165) is 12.2 Å². The van der Waals surface area contributed by atoms with Gasteiger partial charge in [-0.1, -0.05) is 18.7 Å². The minimum absolute atomic E-state index is 0.0148. The third-order valence-electron chi connectivity index (χ3n) is 3.79. The number of nitrogens with zero attached hydrogens (tertiary/aromatic N) is 3. The zero-order valence-electron chi connectivity index (χ0n) is 14.9. The fraction of sp³-hybridized carbons (Fsp3) is 0.263. The number of furan rings is 1. The molecule has 2 heterocycles. The zero-order valence-corrected chi connectivity index (χ0v) is 15.7. The molecule has 0 atom stereocenters. The Kier molecular flexibility index (Phi) is 6.43. The Labute approximate surface area is 161 Å². The molecule has 0 radical (unpaired) electrons. The van der Waals surface area contributed by atoms with Gasteiger partial charge in [-0.3, -0.25) is 9.59 Å². The van der Waals surface area contributed by atoms with Gasteiger partial charge in [-0.25, -0.2) is 0 Å². The van der Waals surface area contributed by atoms with Gasteiger partial charge < -0.3 is 14.3 Å². The first-order chi connectivity index (χ1) is 13.2. The Morgan fingerprint density at radius 2 is 2.04 bits per heavy atom. The van der Waals surface area contributed by atoms with Crippen LogP contribution in [-0.2, 0) is 11.3 Å². The van der Waals surface area contributed by atoms with Crippen molar-refractivity contribution in [1.82, 2.24) is 14.8 Å². The highest BCUT2D eigenvalue weighted by Crippen LogP contribution is 2.19. The van der Waals surface area contributed by atoms with Gasteiger partial charge in [0.2, 0.25) is 5.91 Å². The fourth-order valence-corrected chi connectivity index (χ4v) is 3.25. The quantitative estimate of drug-likeness (QED) is 0.447. The highest BCUT2D eigenvalue weighted by molar-refractivity contribution is 7.99. The molecule has 1 N–H and O–H groups in total. The molecular weight excluding hydrogens is 364 g/mol. The molecule has 8 heteroatoms. The second-order valence-corrected chi connectivity index (χ2v) is 6.85. The highest BCUT2D eigenvalue weighted by Gasteiger charge is 2.12. The van der Waals surface area contributed by atoms with Crippen LogP contribution in [0.25, 0.3) is 0 Å². The first kappa shape index (κ1) is 18.9. The molecule has 27 heavy (non-hydrogen) atoms. The molecule has 7 nitrogen and oxygen atoms in total. The molecular formula is C19H20N4O3S. The number of hydrogen-bond acceptors (Lipinski definition) is 6. The monoisotopic (exact) mass is 384 g/mol. The van der Waals surface area contributed by atoms with Crippen molar-refractivity contribution in [2.45, 2.75) is 31.5 Å². The minimum Gasteiger partial charge on any atom is -0.467 e. The molecule has 2 aromatic heterocycles. The van der Waals surface area contributed by atoms with E-state index in [1.807, 2.05) is 23.6 Å². The van der Waals surface area contributed by atoms with Gasteiger partial charge in [0, 0.05) is 17.7 Å². The van der Waals surface area contributed by atoms with E-state index >= 15 is 0 Å². The summed E-state index contributed by atoms with van der Waals surface area (Å²) in [6.45, 7) is 2.47. The van der Waals surface area contributed by atoms with Crippen LogP contribution >= 0.6 is 11.8 Å².